The van der Waals surface area contributed by atoms with Gasteiger partial charge in [0.05, 0.1) is 0 Å². The van der Waals surface area contributed by atoms with Gasteiger partial charge in [0.25, 0.3) is 0 Å². The zero-order valence-corrected chi connectivity index (χ0v) is 24.4. The number of halogens is 1. The molecule has 200 valence electrons. The highest BCUT2D eigenvalue weighted by molar-refractivity contribution is 6.32. The maximum atomic E-state index is 9.51. The van der Waals surface area contributed by atoms with Crippen LogP contribution in [0.3, 0.4) is 0 Å². The first kappa shape index (κ1) is 28.2. The second-order valence-electron chi connectivity index (χ2n) is 11.6. The molecule has 0 bridgehead atoms. The Morgan fingerprint density at radius 2 is 1.79 bits per heavy atom. The van der Waals surface area contributed by atoms with Gasteiger partial charge < -0.3 is 10.0 Å². The van der Waals surface area contributed by atoms with E-state index in [-0.39, 0.29) is 17.4 Å². The van der Waals surface area contributed by atoms with E-state index in [4.69, 9.17) is 11.6 Å². The summed E-state index contributed by atoms with van der Waals surface area (Å²) in [5.74, 6) is 0. The van der Waals surface area contributed by atoms with Crippen molar-refractivity contribution in [3.63, 3.8) is 0 Å². The van der Waals surface area contributed by atoms with Crippen LogP contribution in [0.25, 0.3) is 0 Å². The van der Waals surface area contributed by atoms with Crippen LogP contribution in [0, 0.1) is 6.92 Å². The van der Waals surface area contributed by atoms with Crippen LogP contribution in [-0.4, -0.2) is 18.3 Å². The minimum Gasteiger partial charge on any atom is -0.396 e. The Bertz CT molecular complexity index is 1320. The second kappa shape index (κ2) is 11.5. The van der Waals surface area contributed by atoms with Crippen molar-refractivity contribution in [3.8, 4) is 0 Å². The van der Waals surface area contributed by atoms with Gasteiger partial charge in [0.2, 0.25) is 0 Å². The lowest BCUT2D eigenvalue weighted by Crippen LogP contribution is -2.27. The summed E-state index contributed by atoms with van der Waals surface area (Å²) in [6, 6.07) is 17.1. The average Bonchev–Trinajstić information content (AvgIpc) is 3.11. The number of allylic oxidation sites excluding steroid dienone is 9. The number of anilines is 1. The molecular formula is C35H42ClNO. The zero-order valence-electron chi connectivity index (χ0n) is 23.7. The molecule has 2 aromatic carbocycles. The number of aryl methyl sites for hydroxylation is 1. The quantitative estimate of drug-likeness (QED) is 0.346. The van der Waals surface area contributed by atoms with Gasteiger partial charge in [0.15, 0.2) is 0 Å². The van der Waals surface area contributed by atoms with E-state index in [0.29, 0.717) is 0 Å². The summed E-state index contributed by atoms with van der Waals surface area (Å²) < 4.78 is 0. The fraction of sp³-hybridized carbons (Fsp3) is 0.371. The lowest BCUT2D eigenvalue weighted by atomic mass is 9.76. The van der Waals surface area contributed by atoms with Crippen LogP contribution in [-0.2, 0) is 10.8 Å². The fourth-order valence-electron chi connectivity index (χ4n) is 5.85. The molecule has 0 amide bonds. The molecular weight excluding hydrogens is 486 g/mol. The van der Waals surface area contributed by atoms with Crippen molar-refractivity contribution in [1.29, 1.82) is 0 Å². The van der Waals surface area contributed by atoms with Crippen molar-refractivity contribution in [1.82, 2.24) is 0 Å². The van der Waals surface area contributed by atoms with Gasteiger partial charge in [-0.1, -0.05) is 107 Å². The Balaban J connectivity index is 1.62. The molecule has 3 heteroatoms. The van der Waals surface area contributed by atoms with E-state index in [1.807, 2.05) is 0 Å². The van der Waals surface area contributed by atoms with Gasteiger partial charge in [-0.3, -0.25) is 0 Å². The van der Waals surface area contributed by atoms with Gasteiger partial charge in [0, 0.05) is 40.4 Å². The number of benzene rings is 2. The second-order valence-corrected chi connectivity index (χ2v) is 12.0. The summed E-state index contributed by atoms with van der Waals surface area (Å²) in [5.41, 5.74) is 9.56. The fourth-order valence-corrected chi connectivity index (χ4v) is 6.17. The molecule has 0 atom stereocenters. The molecule has 1 aliphatic carbocycles. The Kier molecular flexibility index (Phi) is 8.55. The first-order valence-corrected chi connectivity index (χ1v) is 14.2. The molecule has 2 aromatic rings. The normalized spacial score (nSPS) is 19.6. The van der Waals surface area contributed by atoms with Gasteiger partial charge in [0.1, 0.15) is 0 Å². The average molecular weight is 528 g/mol. The third kappa shape index (κ3) is 5.48. The van der Waals surface area contributed by atoms with Crippen molar-refractivity contribution < 1.29 is 5.11 Å². The summed E-state index contributed by atoms with van der Waals surface area (Å²) in [6.45, 7) is 16.6. The van der Waals surface area contributed by atoms with E-state index in [0.717, 1.165) is 42.8 Å². The number of nitrogens with zero attached hydrogens (tertiary/aromatic N) is 1. The summed E-state index contributed by atoms with van der Waals surface area (Å²) >= 11 is 7.01. The number of hydrogen-bond donors (Lipinski definition) is 1. The molecule has 2 nitrogen and oxygen atoms in total. The van der Waals surface area contributed by atoms with Crippen LogP contribution in [0.2, 0.25) is 0 Å². The van der Waals surface area contributed by atoms with Crippen molar-refractivity contribution in [2.75, 3.05) is 18.1 Å². The van der Waals surface area contributed by atoms with E-state index in [9.17, 15) is 5.11 Å². The number of fused-ring (bicyclic) bond motifs is 1. The lowest BCUT2D eigenvalue weighted by Gasteiger charge is -2.28. The molecule has 1 aliphatic heterocycles. The number of para-hydroxylation sites is 1. The van der Waals surface area contributed by atoms with Crippen molar-refractivity contribution in [3.05, 3.63) is 124 Å². The molecule has 0 aromatic heterocycles. The molecule has 0 unspecified atom stereocenters. The summed E-state index contributed by atoms with van der Waals surface area (Å²) in [7, 11) is 0. The highest BCUT2D eigenvalue weighted by Gasteiger charge is 2.39. The zero-order chi connectivity index (χ0) is 27.5. The molecule has 4 rings (SSSR count). The van der Waals surface area contributed by atoms with Gasteiger partial charge in [-0.2, -0.15) is 0 Å². The van der Waals surface area contributed by atoms with Crippen molar-refractivity contribution >= 4 is 17.3 Å². The predicted molar refractivity (Wildman–Crippen MR) is 164 cm³/mol. The molecule has 0 spiro atoms. The number of hydrogen-bond acceptors (Lipinski definition) is 2. The Hall–Kier alpha value is -2.81. The van der Waals surface area contributed by atoms with Crippen LogP contribution >= 0.6 is 11.6 Å². The van der Waals surface area contributed by atoms with Gasteiger partial charge in [-0.05, 0) is 78.2 Å². The molecule has 38 heavy (non-hydrogen) atoms. The maximum Gasteiger partial charge on any atom is 0.0469 e. The molecule has 2 aliphatic rings. The van der Waals surface area contributed by atoms with Crippen LogP contribution < -0.4 is 4.90 Å². The van der Waals surface area contributed by atoms with Crippen LogP contribution in [0.1, 0.15) is 70.1 Å². The number of aliphatic hydroxyl groups excluding tert-OH is 1. The van der Waals surface area contributed by atoms with Crippen molar-refractivity contribution in [2.45, 2.75) is 71.1 Å². The molecule has 0 radical (unpaired) electrons. The predicted octanol–water partition coefficient (Wildman–Crippen LogP) is 9.05. The van der Waals surface area contributed by atoms with Gasteiger partial charge in [-0.25, -0.2) is 0 Å². The Morgan fingerprint density at radius 1 is 1.08 bits per heavy atom. The smallest absolute Gasteiger partial charge is 0.0469 e. The highest BCUT2D eigenvalue weighted by Crippen LogP contribution is 2.48. The van der Waals surface area contributed by atoms with Gasteiger partial charge in [-0.15, -0.1) is 0 Å². The SMILES string of the molecule is C=C(/C=C/C1=C(Cl)C(=C/C=C2/N(CCCO)c3ccccc3C2(C)C)/CCC1)C(C)(C)c1ccccc1C. The minimum absolute atomic E-state index is 0.115. The van der Waals surface area contributed by atoms with E-state index in [1.165, 1.54) is 39.2 Å². The maximum absolute atomic E-state index is 9.51. The third-order valence-corrected chi connectivity index (χ3v) is 8.83. The van der Waals surface area contributed by atoms with Gasteiger partial charge >= 0.3 is 0 Å². The van der Waals surface area contributed by atoms with Crippen molar-refractivity contribution in [2.24, 2.45) is 0 Å². The van der Waals surface area contributed by atoms with E-state index in [2.05, 4.69) is 119 Å². The summed E-state index contributed by atoms with van der Waals surface area (Å²) in [6.07, 6.45) is 12.6. The topological polar surface area (TPSA) is 23.5 Å². The molecule has 0 saturated heterocycles. The standard InChI is InChI=1S/C35H42ClNO/c1-25-13-7-8-16-29(25)34(3,4)26(2)19-20-27-14-11-15-28(33(27)36)21-22-32-35(5,6)30-17-9-10-18-31(30)37(32)23-12-24-38/h7-10,13,16-22,38H,2,11-12,14-15,23-24H2,1,3-6H3/b20-19+,28-21+,32-22+. The molecule has 1 N–H and O–H groups in total. The Morgan fingerprint density at radius 3 is 2.53 bits per heavy atom. The largest absolute Gasteiger partial charge is 0.396 e. The van der Waals surface area contributed by atoms with E-state index in [1.54, 1.807) is 0 Å². The minimum atomic E-state index is -0.159. The highest BCUT2D eigenvalue weighted by atomic mass is 35.5. The van der Waals surface area contributed by atoms with E-state index >= 15 is 0 Å². The Labute approximate surface area is 234 Å². The first-order chi connectivity index (χ1) is 18.1. The molecule has 0 fully saturated rings. The van der Waals surface area contributed by atoms with E-state index < -0.39 is 0 Å². The lowest BCUT2D eigenvalue weighted by molar-refractivity contribution is 0.290. The molecule has 1 heterocycles. The summed E-state index contributed by atoms with van der Waals surface area (Å²) in [5, 5.41) is 10.4. The van der Waals surface area contributed by atoms with Crippen LogP contribution in [0.5, 0.6) is 0 Å². The van der Waals surface area contributed by atoms with Crippen LogP contribution in [0.15, 0.2) is 107 Å². The third-order valence-electron chi connectivity index (χ3n) is 8.34. The molecule has 0 saturated carbocycles. The number of rotatable bonds is 8. The first-order valence-electron chi connectivity index (χ1n) is 13.8. The number of aliphatic hydroxyl groups is 1. The van der Waals surface area contributed by atoms with Crippen LogP contribution in [0.4, 0.5) is 5.69 Å². The summed E-state index contributed by atoms with van der Waals surface area (Å²) in [4.78, 5) is 2.36. The monoisotopic (exact) mass is 527 g/mol.